The van der Waals surface area contributed by atoms with Gasteiger partial charge in [-0.2, -0.15) is 0 Å². The summed E-state index contributed by atoms with van der Waals surface area (Å²) < 4.78 is 15.7. The Bertz CT molecular complexity index is 1200. The van der Waals surface area contributed by atoms with Crippen LogP contribution in [0.1, 0.15) is 56.6 Å². The van der Waals surface area contributed by atoms with Gasteiger partial charge >= 0.3 is 0 Å². The van der Waals surface area contributed by atoms with Crippen molar-refractivity contribution >= 4 is 28.1 Å². The summed E-state index contributed by atoms with van der Waals surface area (Å²) in [6.07, 6.45) is 7.11. The fraction of sp³-hybridized carbons (Fsp3) is 0.367. The Morgan fingerprint density at radius 1 is 1.06 bits per heavy atom. The molecule has 2 nitrogen and oxygen atoms in total. The number of rotatable bonds is 8. The van der Waals surface area contributed by atoms with E-state index in [0.29, 0.717) is 16.1 Å². The average Bonchev–Trinajstić information content (AvgIpc) is 2.85. The lowest BCUT2D eigenvalue weighted by molar-refractivity contribution is 0.225. The van der Waals surface area contributed by atoms with E-state index < -0.39 is 0 Å². The Balaban J connectivity index is 1.49. The van der Waals surface area contributed by atoms with Crippen LogP contribution < -0.4 is 0 Å². The molecule has 1 saturated heterocycles. The summed E-state index contributed by atoms with van der Waals surface area (Å²) in [5.41, 5.74) is 4.15. The number of fused-ring (bicyclic) bond motifs is 1. The minimum atomic E-state index is -0.291. The number of benzene rings is 3. The van der Waals surface area contributed by atoms with Gasteiger partial charge in [0.2, 0.25) is 0 Å². The van der Waals surface area contributed by atoms with E-state index >= 15 is 4.39 Å². The second kappa shape index (κ2) is 11.3. The van der Waals surface area contributed by atoms with Gasteiger partial charge in [0, 0.05) is 22.5 Å². The van der Waals surface area contributed by atoms with Gasteiger partial charge in [0.05, 0.1) is 5.02 Å². The molecule has 1 fully saturated rings. The molecule has 0 aliphatic carbocycles. The standard InChI is InChI=1S/C30H34ClFN2/c1-21(12-7-10-19-34-17-8-4-9-18-34)33-23(3)27-20-28(31)29(30(32)22(27)2)26-16-11-14-24-13-5-6-15-25(24)26/h5-6,11,13-16,20H,1,4,7-10,12,17-19H2,2-3H3/b33-23-. The van der Waals surface area contributed by atoms with Crippen molar-refractivity contribution in [2.24, 2.45) is 4.99 Å². The lowest BCUT2D eigenvalue weighted by Gasteiger charge is -2.26. The molecular formula is C30H34ClFN2. The molecule has 0 radical (unpaired) electrons. The number of likely N-dealkylation sites (tertiary alicyclic amines) is 1. The van der Waals surface area contributed by atoms with Gasteiger partial charge in [-0.1, -0.05) is 67.1 Å². The number of allylic oxidation sites excluding steroid dienone is 1. The van der Waals surface area contributed by atoms with Gasteiger partial charge in [0.25, 0.3) is 0 Å². The molecule has 4 rings (SSSR count). The maximum Gasteiger partial charge on any atom is 0.136 e. The SMILES string of the molecule is C=C(CCCCN1CCCCC1)/N=C(/C)c1cc(Cl)c(-c2cccc3ccccc23)c(F)c1C. The maximum atomic E-state index is 15.7. The van der Waals surface area contributed by atoms with Crippen LogP contribution in [0.25, 0.3) is 21.9 Å². The topological polar surface area (TPSA) is 15.6 Å². The van der Waals surface area contributed by atoms with Crippen molar-refractivity contribution in [1.29, 1.82) is 0 Å². The van der Waals surface area contributed by atoms with Crippen LogP contribution in [-0.2, 0) is 0 Å². The number of piperidine rings is 1. The number of hydrogen-bond donors (Lipinski definition) is 0. The molecule has 1 heterocycles. The third-order valence-corrected chi connectivity index (χ3v) is 7.17. The molecule has 0 saturated carbocycles. The van der Waals surface area contributed by atoms with E-state index in [-0.39, 0.29) is 5.82 Å². The van der Waals surface area contributed by atoms with Crippen molar-refractivity contribution < 1.29 is 4.39 Å². The summed E-state index contributed by atoms with van der Waals surface area (Å²) >= 11 is 6.68. The van der Waals surface area contributed by atoms with Crippen LogP contribution in [0, 0.1) is 12.7 Å². The summed E-state index contributed by atoms with van der Waals surface area (Å²) in [7, 11) is 0. The van der Waals surface area contributed by atoms with Crippen LogP contribution in [0.2, 0.25) is 5.02 Å². The van der Waals surface area contributed by atoms with Crippen molar-refractivity contribution in [2.45, 2.75) is 52.4 Å². The number of unbranched alkanes of at least 4 members (excludes halogenated alkanes) is 1. The highest BCUT2D eigenvalue weighted by Crippen LogP contribution is 2.38. The van der Waals surface area contributed by atoms with E-state index in [1.54, 1.807) is 6.92 Å². The largest absolute Gasteiger partial charge is 0.303 e. The molecule has 1 aliphatic rings. The van der Waals surface area contributed by atoms with Gasteiger partial charge in [-0.3, -0.25) is 4.99 Å². The van der Waals surface area contributed by atoms with Gasteiger partial charge in [0.1, 0.15) is 5.82 Å². The Hall–Kier alpha value is -2.49. The van der Waals surface area contributed by atoms with Crippen LogP contribution in [0.3, 0.4) is 0 Å². The zero-order chi connectivity index (χ0) is 24.1. The number of aliphatic imine (C=N–C) groups is 1. The minimum absolute atomic E-state index is 0.291. The third-order valence-electron chi connectivity index (χ3n) is 6.88. The van der Waals surface area contributed by atoms with E-state index in [1.807, 2.05) is 55.5 Å². The molecule has 34 heavy (non-hydrogen) atoms. The summed E-state index contributed by atoms with van der Waals surface area (Å²) in [5.74, 6) is -0.291. The summed E-state index contributed by atoms with van der Waals surface area (Å²) in [6.45, 7) is 11.5. The van der Waals surface area contributed by atoms with Crippen LogP contribution in [-0.4, -0.2) is 30.2 Å². The third kappa shape index (κ3) is 5.59. The molecule has 4 heteroatoms. The first-order valence-electron chi connectivity index (χ1n) is 12.4. The highest BCUT2D eigenvalue weighted by atomic mass is 35.5. The van der Waals surface area contributed by atoms with Crippen LogP contribution >= 0.6 is 11.6 Å². The van der Waals surface area contributed by atoms with E-state index in [0.717, 1.165) is 59.1 Å². The van der Waals surface area contributed by atoms with Crippen molar-refractivity contribution in [3.8, 4) is 11.1 Å². The molecule has 3 aromatic carbocycles. The minimum Gasteiger partial charge on any atom is -0.303 e. The maximum absolute atomic E-state index is 15.7. The zero-order valence-electron chi connectivity index (χ0n) is 20.3. The molecule has 0 unspecified atom stereocenters. The summed E-state index contributed by atoms with van der Waals surface area (Å²) in [5, 5.41) is 2.45. The first-order chi connectivity index (χ1) is 16.5. The quantitative estimate of drug-likeness (QED) is 0.235. The van der Waals surface area contributed by atoms with Gasteiger partial charge < -0.3 is 4.90 Å². The Morgan fingerprint density at radius 3 is 2.59 bits per heavy atom. The predicted molar refractivity (Wildman–Crippen MR) is 145 cm³/mol. The first-order valence-corrected chi connectivity index (χ1v) is 12.8. The van der Waals surface area contributed by atoms with E-state index in [9.17, 15) is 0 Å². The molecule has 1 aliphatic heterocycles. The van der Waals surface area contributed by atoms with Gasteiger partial charge in [-0.05, 0) is 93.6 Å². The molecule has 3 aromatic rings. The zero-order valence-corrected chi connectivity index (χ0v) is 21.1. The molecule has 0 amide bonds. The summed E-state index contributed by atoms with van der Waals surface area (Å²) in [4.78, 5) is 7.27. The number of halogens is 2. The van der Waals surface area contributed by atoms with Gasteiger partial charge in [0.15, 0.2) is 0 Å². The number of hydrogen-bond acceptors (Lipinski definition) is 2. The molecule has 178 valence electrons. The van der Waals surface area contributed by atoms with Crippen LogP contribution in [0.4, 0.5) is 4.39 Å². The van der Waals surface area contributed by atoms with E-state index in [4.69, 9.17) is 16.6 Å². The Kier molecular flexibility index (Phi) is 8.18. The monoisotopic (exact) mass is 476 g/mol. The van der Waals surface area contributed by atoms with Crippen molar-refractivity contribution in [3.05, 3.63) is 82.8 Å². The molecular weight excluding hydrogens is 443 g/mol. The molecule has 0 bridgehead atoms. The van der Waals surface area contributed by atoms with Gasteiger partial charge in [-0.25, -0.2) is 4.39 Å². The van der Waals surface area contributed by atoms with E-state index in [2.05, 4.69) is 11.5 Å². The van der Waals surface area contributed by atoms with Crippen molar-refractivity contribution in [2.75, 3.05) is 19.6 Å². The van der Waals surface area contributed by atoms with E-state index in [1.165, 1.54) is 32.4 Å². The van der Waals surface area contributed by atoms with Crippen molar-refractivity contribution in [1.82, 2.24) is 4.90 Å². The Morgan fingerprint density at radius 2 is 1.79 bits per heavy atom. The highest BCUT2D eigenvalue weighted by Gasteiger charge is 2.19. The second-order valence-electron chi connectivity index (χ2n) is 9.37. The lowest BCUT2D eigenvalue weighted by atomic mass is 9.93. The smallest absolute Gasteiger partial charge is 0.136 e. The molecule has 0 atom stereocenters. The van der Waals surface area contributed by atoms with Gasteiger partial charge in [-0.15, -0.1) is 0 Å². The molecule has 0 aromatic heterocycles. The molecule has 0 N–H and O–H groups in total. The van der Waals surface area contributed by atoms with Crippen LogP contribution in [0.5, 0.6) is 0 Å². The number of nitrogens with zero attached hydrogens (tertiary/aromatic N) is 2. The highest BCUT2D eigenvalue weighted by molar-refractivity contribution is 6.34. The van der Waals surface area contributed by atoms with Crippen LogP contribution in [0.15, 0.2) is 65.8 Å². The average molecular weight is 477 g/mol. The fourth-order valence-corrected chi connectivity index (χ4v) is 5.28. The van der Waals surface area contributed by atoms with Crippen molar-refractivity contribution in [3.63, 3.8) is 0 Å². The normalized spacial score (nSPS) is 15.1. The predicted octanol–water partition coefficient (Wildman–Crippen LogP) is 8.59. The molecule has 0 spiro atoms. The fourth-order valence-electron chi connectivity index (χ4n) is 4.98. The second-order valence-corrected chi connectivity index (χ2v) is 9.78. The first kappa shape index (κ1) is 24.6. The summed E-state index contributed by atoms with van der Waals surface area (Å²) in [6, 6.07) is 15.7. The lowest BCUT2D eigenvalue weighted by Crippen LogP contribution is -2.30. The Labute approximate surface area is 208 Å².